The van der Waals surface area contributed by atoms with Crippen LogP contribution < -0.4 is 14.6 Å². The maximum Gasteiger partial charge on any atom is 0.138 e. The van der Waals surface area contributed by atoms with E-state index < -0.39 is 8.22 Å². The van der Waals surface area contributed by atoms with Gasteiger partial charge in [-0.1, -0.05) is 158 Å². The normalized spacial score (nSPS) is 14.5. The van der Waals surface area contributed by atoms with Crippen molar-refractivity contribution in [2.24, 2.45) is 0 Å². The standard InChI is InChI=1S/C66H46N3O2P/c1-3-49(41-56-43(2)70-63-26-16-15-24-54(56)63)68-60-36-31-48(40-62(60)69(72(68)52-20-9-5-10-21-52)51-34-38-65-57(42-51)55-23-11-6-12-25-64(55)71-65)47-30-35-59-58(39-47)66-53-22-14-13-19-46(53)29-37-61(66)67(59)50-32-27-45(28-33-50)44-17-7-4-8-18-44/h3-22,24-42H,1,23H2,2H3/b49-41+. The molecule has 14 rings (SSSR count). The van der Waals surface area contributed by atoms with Gasteiger partial charge in [-0.25, -0.2) is 0 Å². The summed E-state index contributed by atoms with van der Waals surface area (Å²) in [7, 11) is -1.27. The van der Waals surface area contributed by atoms with E-state index in [1.807, 2.05) is 18.2 Å². The number of furan rings is 2. The van der Waals surface area contributed by atoms with E-state index in [0.717, 1.165) is 85.0 Å². The van der Waals surface area contributed by atoms with E-state index in [4.69, 9.17) is 8.83 Å². The predicted octanol–water partition coefficient (Wildman–Crippen LogP) is 18.0. The third-order valence-electron chi connectivity index (χ3n) is 14.5. The van der Waals surface area contributed by atoms with Crippen molar-refractivity contribution in [3.8, 4) is 27.9 Å². The molecule has 342 valence electrons. The zero-order chi connectivity index (χ0) is 47.9. The molecular formula is C66H46N3O2P. The van der Waals surface area contributed by atoms with E-state index in [1.165, 1.54) is 54.6 Å². The highest BCUT2D eigenvalue weighted by Gasteiger charge is 2.41. The number of para-hydroxylation sites is 1. The van der Waals surface area contributed by atoms with E-state index in [-0.39, 0.29) is 0 Å². The van der Waals surface area contributed by atoms with Gasteiger partial charge in [-0.15, -0.1) is 0 Å². The molecule has 0 saturated heterocycles. The van der Waals surface area contributed by atoms with Crippen LogP contribution >= 0.6 is 8.22 Å². The lowest BCUT2D eigenvalue weighted by Gasteiger charge is -2.33. The Morgan fingerprint density at radius 2 is 1.25 bits per heavy atom. The second-order valence-electron chi connectivity index (χ2n) is 18.6. The number of anilines is 3. The van der Waals surface area contributed by atoms with Gasteiger partial charge in [-0.2, -0.15) is 0 Å². The summed E-state index contributed by atoms with van der Waals surface area (Å²) in [4.78, 5) is 0. The molecule has 1 aliphatic carbocycles. The summed E-state index contributed by atoms with van der Waals surface area (Å²) in [5, 5.41) is 8.34. The molecule has 12 aromatic rings. The first kappa shape index (κ1) is 42.0. The number of hydrogen-bond donors (Lipinski definition) is 0. The van der Waals surface area contributed by atoms with Gasteiger partial charge in [0.05, 0.1) is 22.4 Å². The first-order valence-corrected chi connectivity index (χ1v) is 25.7. The second-order valence-corrected chi connectivity index (χ2v) is 20.5. The molecule has 0 spiro atoms. The van der Waals surface area contributed by atoms with Gasteiger partial charge in [0, 0.05) is 55.0 Å². The molecule has 3 aromatic heterocycles. The number of aryl methyl sites for hydroxylation is 1. The van der Waals surface area contributed by atoms with Gasteiger partial charge in [0.25, 0.3) is 0 Å². The third kappa shape index (κ3) is 6.73. The number of hydrogen-bond acceptors (Lipinski definition) is 4. The molecule has 0 saturated carbocycles. The van der Waals surface area contributed by atoms with Crippen molar-refractivity contribution in [2.75, 3.05) is 9.34 Å². The number of nitrogens with zero attached hydrogens (tertiary/aromatic N) is 3. The Morgan fingerprint density at radius 3 is 2.10 bits per heavy atom. The maximum atomic E-state index is 6.49. The lowest BCUT2D eigenvalue weighted by molar-refractivity contribution is 0.577. The monoisotopic (exact) mass is 943 g/mol. The van der Waals surface area contributed by atoms with Crippen molar-refractivity contribution in [3.05, 3.63) is 259 Å². The molecule has 5 nitrogen and oxygen atoms in total. The van der Waals surface area contributed by atoms with E-state index in [2.05, 4.69) is 246 Å². The van der Waals surface area contributed by atoms with E-state index >= 15 is 0 Å². The Morgan fingerprint density at radius 1 is 0.556 bits per heavy atom. The summed E-state index contributed by atoms with van der Waals surface area (Å²) in [6.07, 6.45) is 13.5. The van der Waals surface area contributed by atoms with Crippen LogP contribution in [0.2, 0.25) is 0 Å². The molecule has 9 aromatic carbocycles. The summed E-state index contributed by atoms with van der Waals surface area (Å²) in [6, 6.07) is 72.9. The molecule has 1 unspecified atom stereocenters. The first-order valence-electron chi connectivity index (χ1n) is 24.5. The van der Waals surface area contributed by atoms with Gasteiger partial charge in [-0.3, -0.25) is 9.34 Å². The smallest absolute Gasteiger partial charge is 0.138 e. The highest BCUT2D eigenvalue weighted by molar-refractivity contribution is 7.70. The zero-order valence-electron chi connectivity index (χ0n) is 39.5. The Hall–Kier alpha value is -8.89. The second kappa shape index (κ2) is 16.9. The van der Waals surface area contributed by atoms with Crippen LogP contribution in [0.3, 0.4) is 0 Å². The molecule has 1 atom stereocenters. The van der Waals surface area contributed by atoms with Crippen molar-refractivity contribution >= 4 is 97.3 Å². The summed E-state index contributed by atoms with van der Waals surface area (Å²) in [6.45, 7) is 6.54. The molecular weight excluding hydrogens is 898 g/mol. The maximum absolute atomic E-state index is 6.49. The lowest BCUT2D eigenvalue weighted by atomic mass is 9.99. The SMILES string of the molecule is C=C/C(=C\c1c(C)oc2ccccc12)N1c2ccc(-c3ccc4c(c3)c3c5ccccc5ccc3n4-c3ccc(-c4ccccc4)cc3)cc2N(c2ccc3oc4c(c3c2)CC=CC=C4)P1c1ccccc1. The highest BCUT2D eigenvalue weighted by atomic mass is 31.1. The fourth-order valence-corrected chi connectivity index (χ4v) is 13.6. The average Bonchev–Trinajstić information content (AvgIpc) is 4.11. The fourth-order valence-electron chi connectivity index (χ4n) is 11.1. The Bertz CT molecular complexity index is 4230. The largest absolute Gasteiger partial charge is 0.461 e. The number of fused-ring (bicyclic) bond motifs is 10. The number of benzene rings is 9. The van der Waals surface area contributed by atoms with Crippen LogP contribution in [0.4, 0.5) is 17.1 Å². The molecule has 72 heavy (non-hydrogen) atoms. The molecule has 2 aliphatic rings. The van der Waals surface area contributed by atoms with E-state index in [9.17, 15) is 0 Å². The first-order chi connectivity index (χ1) is 35.6. The average molecular weight is 944 g/mol. The highest BCUT2D eigenvalue weighted by Crippen LogP contribution is 2.64. The minimum atomic E-state index is -1.27. The van der Waals surface area contributed by atoms with Gasteiger partial charge < -0.3 is 13.4 Å². The molecule has 0 radical (unpaired) electrons. The Kier molecular flexibility index (Phi) is 9.87. The van der Waals surface area contributed by atoms with Crippen LogP contribution in [0.5, 0.6) is 0 Å². The Balaban J connectivity index is 0.982. The van der Waals surface area contributed by atoms with E-state index in [1.54, 1.807) is 0 Å². The Labute approximate surface area is 418 Å². The summed E-state index contributed by atoms with van der Waals surface area (Å²) < 4.78 is 20.3. The van der Waals surface area contributed by atoms with Gasteiger partial charge in [0.2, 0.25) is 0 Å². The molecule has 4 heterocycles. The van der Waals surface area contributed by atoms with Crippen LogP contribution in [-0.2, 0) is 6.42 Å². The number of rotatable bonds is 8. The molecule has 0 amide bonds. The predicted molar refractivity (Wildman–Crippen MR) is 304 cm³/mol. The minimum absolute atomic E-state index is 0.799. The number of aromatic nitrogens is 1. The lowest BCUT2D eigenvalue weighted by Crippen LogP contribution is -2.24. The van der Waals surface area contributed by atoms with Crippen LogP contribution in [0, 0.1) is 6.92 Å². The van der Waals surface area contributed by atoms with E-state index in [0.29, 0.717) is 0 Å². The van der Waals surface area contributed by atoms with Crippen molar-refractivity contribution in [3.63, 3.8) is 0 Å². The number of allylic oxidation sites excluding steroid dienone is 4. The quantitative estimate of drug-likeness (QED) is 0.112. The fraction of sp³-hybridized carbons (Fsp3) is 0.0303. The van der Waals surface area contributed by atoms with Gasteiger partial charge in [0.15, 0.2) is 0 Å². The van der Waals surface area contributed by atoms with Crippen LogP contribution in [0.15, 0.2) is 246 Å². The summed E-state index contributed by atoms with van der Waals surface area (Å²) in [5.41, 5.74) is 16.5. The minimum Gasteiger partial charge on any atom is -0.461 e. The van der Waals surface area contributed by atoms with Gasteiger partial charge in [-0.05, 0) is 131 Å². The topological polar surface area (TPSA) is 37.7 Å². The van der Waals surface area contributed by atoms with Gasteiger partial charge >= 0.3 is 0 Å². The molecule has 0 bridgehead atoms. The van der Waals surface area contributed by atoms with Gasteiger partial charge in [0.1, 0.15) is 30.9 Å². The van der Waals surface area contributed by atoms with Crippen molar-refractivity contribution < 1.29 is 8.83 Å². The van der Waals surface area contributed by atoms with Crippen molar-refractivity contribution in [1.29, 1.82) is 0 Å². The molecule has 1 aliphatic heterocycles. The van der Waals surface area contributed by atoms with Crippen molar-refractivity contribution in [2.45, 2.75) is 13.3 Å². The molecule has 0 N–H and O–H groups in total. The summed E-state index contributed by atoms with van der Waals surface area (Å²) >= 11 is 0. The molecule has 6 heteroatoms. The van der Waals surface area contributed by atoms with Crippen molar-refractivity contribution in [1.82, 2.24) is 4.57 Å². The zero-order valence-corrected chi connectivity index (χ0v) is 40.4. The van der Waals surface area contributed by atoms with Crippen LogP contribution in [0.1, 0.15) is 22.6 Å². The van der Waals surface area contributed by atoms with Crippen LogP contribution in [0.25, 0.3) is 94.6 Å². The third-order valence-corrected chi connectivity index (χ3v) is 16.9. The molecule has 0 fully saturated rings. The summed E-state index contributed by atoms with van der Waals surface area (Å²) in [5.74, 6) is 1.78. The van der Waals surface area contributed by atoms with Crippen LogP contribution in [-0.4, -0.2) is 4.57 Å².